The van der Waals surface area contributed by atoms with Gasteiger partial charge in [-0.05, 0) is 41.1 Å². The summed E-state index contributed by atoms with van der Waals surface area (Å²) in [4.78, 5) is 19.1. The smallest absolute Gasteiger partial charge is 0.163 e. The summed E-state index contributed by atoms with van der Waals surface area (Å²) in [6.45, 7) is 2.31. The second-order valence-electron chi connectivity index (χ2n) is 4.02. The third kappa shape index (κ3) is 2.97. The molecule has 0 saturated carbocycles. The van der Waals surface area contributed by atoms with Gasteiger partial charge in [-0.25, -0.2) is 4.98 Å². The molecule has 0 radical (unpaired) electrons. The van der Waals surface area contributed by atoms with Gasteiger partial charge in [-0.3, -0.25) is 4.79 Å². The minimum atomic E-state index is 0.0392. The molecule has 0 amide bonds. The van der Waals surface area contributed by atoms with E-state index in [2.05, 4.69) is 27.0 Å². The summed E-state index contributed by atoms with van der Waals surface area (Å²) < 4.78 is 1.09. The Kier molecular flexibility index (Phi) is 4.14. The van der Waals surface area contributed by atoms with E-state index in [4.69, 9.17) is 0 Å². The highest BCUT2D eigenvalue weighted by Gasteiger charge is 2.12. The highest BCUT2D eigenvalue weighted by Crippen LogP contribution is 2.24. The fourth-order valence-corrected chi connectivity index (χ4v) is 3.22. The standard InChI is InChI=1S/C13H13BrN2OS/c1-9(17)12-4-3-5-15-13(12)16(2)7-11-6-10(14)8-18-11/h3-6,8H,7H2,1-2H3. The maximum absolute atomic E-state index is 11.6. The molecular weight excluding hydrogens is 312 g/mol. The Balaban J connectivity index is 2.23. The monoisotopic (exact) mass is 324 g/mol. The van der Waals surface area contributed by atoms with Crippen LogP contribution in [-0.2, 0) is 6.54 Å². The third-order valence-corrected chi connectivity index (χ3v) is 4.22. The van der Waals surface area contributed by atoms with Crippen LogP contribution in [0.1, 0.15) is 22.2 Å². The zero-order valence-electron chi connectivity index (χ0n) is 10.2. The topological polar surface area (TPSA) is 33.2 Å². The molecule has 0 unspecified atom stereocenters. The molecule has 0 spiro atoms. The average molecular weight is 325 g/mol. The first-order chi connectivity index (χ1) is 8.58. The summed E-state index contributed by atoms with van der Waals surface area (Å²) in [5.41, 5.74) is 0.663. The second-order valence-corrected chi connectivity index (χ2v) is 5.93. The first-order valence-electron chi connectivity index (χ1n) is 5.48. The van der Waals surface area contributed by atoms with E-state index < -0.39 is 0 Å². The van der Waals surface area contributed by atoms with Gasteiger partial charge < -0.3 is 4.90 Å². The van der Waals surface area contributed by atoms with Gasteiger partial charge in [-0.1, -0.05) is 0 Å². The molecule has 0 bridgehead atoms. The Labute approximate surface area is 119 Å². The minimum Gasteiger partial charge on any atom is -0.354 e. The van der Waals surface area contributed by atoms with Gasteiger partial charge in [-0.2, -0.15) is 0 Å². The maximum Gasteiger partial charge on any atom is 0.163 e. The SMILES string of the molecule is CC(=O)c1cccnc1N(C)Cc1cc(Br)cs1. The van der Waals surface area contributed by atoms with Crippen LogP contribution in [0.5, 0.6) is 0 Å². The number of Topliss-reactive ketones (excluding diaryl/α,β-unsaturated/α-hetero) is 1. The Morgan fingerprint density at radius 3 is 2.94 bits per heavy atom. The van der Waals surface area contributed by atoms with Crippen molar-refractivity contribution in [2.45, 2.75) is 13.5 Å². The van der Waals surface area contributed by atoms with Crippen molar-refractivity contribution in [3.05, 3.63) is 44.7 Å². The van der Waals surface area contributed by atoms with Crippen LogP contribution in [0.25, 0.3) is 0 Å². The molecule has 2 aromatic rings. The summed E-state index contributed by atoms with van der Waals surface area (Å²) >= 11 is 5.12. The number of pyridine rings is 1. The molecule has 0 aliphatic carbocycles. The largest absolute Gasteiger partial charge is 0.354 e. The van der Waals surface area contributed by atoms with Crippen LogP contribution in [0.2, 0.25) is 0 Å². The highest BCUT2D eigenvalue weighted by atomic mass is 79.9. The van der Waals surface area contributed by atoms with Gasteiger partial charge >= 0.3 is 0 Å². The molecule has 2 heterocycles. The fraction of sp³-hybridized carbons (Fsp3) is 0.231. The predicted octanol–water partition coefficient (Wildman–Crippen LogP) is 3.74. The van der Waals surface area contributed by atoms with Crippen molar-refractivity contribution in [3.63, 3.8) is 0 Å². The van der Waals surface area contributed by atoms with E-state index in [0.717, 1.165) is 16.8 Å². The number of carbonyl (C=O) groups is 1. The number of thiophene rings is 1. The number of hydrogen-bond donors (Lipinski definition) is 0. The number of halogens is 1. The summed E-state index contributed by atoms with van der Waals surface area (Å²) in [7, 11) is 1.95. The highest BCUT2D eigenvalue weighted by molar-refractivity contribution is 9.10. The van der Waals surface area contributed by atoms with Crippen molar-refractivity contribution in [2.24, 2.45) is 0 Å². The second kappa shape index (κ2) is 5.63. The van der Waals surface area contributed by atoms with Crippen molar-refractivity contribution < 1.29 is 4.79 Å². The molecule has 0 aliphatic rings. The number of aromatic nitrogens is 1. The Morgan fingerprint density at radius 1 is 1.56 bits per heavy atom. The fourth-order valence-electron chi connectivity index (χ4n) is 1.72. The summed E-state index contributed by atoms with van der Waals surface area (Å²) in [5.74, 6) is 0.770. The van der Waals surface area contributed by atoms with Crippen molar-refractivity contribution in [1.82, 2.24) is 4.98 Å². The van der Waals surface area contributed by atoms with Gasteiger partial charge in [0.2, 0.25) is 0 Å². The van der Waals surface area contributed by atoms with E-state index >= 15 is 0 Å². The molecule has 0 N–H and O–H groups in total. The van der Waals surface area contributed by atoms with E-state index in [9.17, 15) is 4.79 Å². The van der Waals surface area contributed by atoms with Gasteiger partial charge in [0.25, 0.3) is 0 Å². The van der Waals surface area contributed by atoms with E-state index in [-0.39, 0.29) is 5.78 Å². The van der Waals surface area contributed by atoms with Crippen LogP contribution in [-0.4, -0.2) is 17.8 Å². The summed E-state index contributed by atoms with van der Waals surface area (Å²) in [6, 6.07) is 5.68. The third-order valence-electron chi connectivity index (χ3n) is 2.54. The predicted molar refractivity (Wildman–Crippen MR) is 78.4 cm³/mol. The molecule has 5 heteroatoms. The zero-order chi connectivity index (χ0) is 13.1. The molecule has 0 atom stereocenters. The van der Waals surface area contributed by atoms with E-state index in [1.54, 1.807) is 30.5 Å². The number of ketones is 1. The number of hydrogen-bond acceptors (Lipinski definition) is 4. The summed E-state index contributed by atoms with van der Waals surface area (Å²) in [6.07, 6.45) is 1.71. The average Bonchev–Trinajstić information content (AvgIpc) is 2.74. The lowest BCUT2D eigenvalue weighted by atomic mass is 10.2. The van der Waals surface area contributed by atoms with Crippen LogP contribution < -0.4 is 4.90 Å². The number of rotatable bonds is 4. The van der Waals surface area contributed by atoms with Crippen LogP contribution in [0.15, 0.2) is 34.2 Å². The molecule has 0 aromatic carbocycles. The molecule has 2 rings (SSSR count). The Bertz CT molecular complexity index is 568. The lowest BCUT2D eigenvalue weighted by molar-refractivity contribution is 0.101. The summed E-state index contributed by atoms with van der Waals surface area (Å²) in [5, 5.41) is 2.05. The van der Waals surface area contributed by atoms with Gasteiger partial charge in [-0.15, -0.1) is 11.3 Å². The molecule has 0 aliphatic heterocycles. The molecule has 0 saturated heterocycles. The molecule has 0 fully saturated rings. The maximum atomic E-state index is 11.6. The van der Waals surface area contributed by atoms with Crippen molar-refractivity contribution in [1.29, 1.82) is 0 Å². The van der Waals surface area contributed by atoms with E-state index in [0.29, 0.717) is 5.56 Å². The number of anilines is 1. The zero-order valence-corrected chi connectivity index (χ0v) is 12.6. The first-order valence-corrected chi connectivity index (χ1v) is 7.15. The Morgan fingerprint density at radius 2 is 2.33 bits per heavy atom. The van der Waals surface area contributed by atoms with Crippen molar-refractivity contribution in [3.8, 4) is 0 Å². The quantitative estimate of drug-likeness (QED) is 0.803. The van der Waals surface area contributed by atoms with Crippen LogP contribution in [0.4, 0.5) is 5.82 Å². The normalized spacial score (nSPS) is 10.4. The van der Waals surface area contributed by atoms with Crippen LogP contribution in [0.3, 0.4) is 0 Å². The van der Waals surface area contributed by atoms with Gasteiger partial charge in [0.1, 0.15) is 5.82 Å². The van der Waals surface area contributed by atoms with Crippen molar-refractivity contribution >= 4 is 38.9 Å². The van der Waals surface area contributed by atoms with Gasteiger partial charge in [0, 0.05) is 28.0 Å². The molecule has 3 nitrogen and oxygen atoms in total. The minimum absolute atomic E-state index is 0.0392. The molecular formula is C13H13BrN2OS. The number of carbonyl (C=O) groups excluding carboxylic acids is 1. The lowest BCUT2D eigenvalue weighted by Gasteiger charge is -2.19. The lowest BCUT2D eigenvalue weighted by Crippen LogP contribution is -2.19. The van der Waals surface area contributed by atoms with Crippen LogP contribution >= 0.6 is 27.3 Å². The van der Waals surface area contributed by atoms with Crippen LogP contribution in [0, 0.1) is 0 Å². The van der Waals surface area contributed by atoms with Gasteiger partial charge in [0.05, 0.1) is 12.1 Å². The molecule has 94 valence electrons. The van der Waals surface area contributed by atoms with E-state index in [1.165, 1.54) is 4.88 Å². The van der Waals surface area contributed by atoms with Crippen molar-refractivity contribution in [2.75, 3.05) is 11.9 Å². The van der Waals surface area contributed by atoms with E-state index in [1.807, 2.05) is 23.4 Å². The first kappa shape index (κ1) is 13.2. The molecule has 2 aromatic heterocycles. The Hall–Kier alpha value is -1.20. The number of nitrogens with zero attached hydrogens (tertiary/aromatic N) is 2. The molecule has 18 heavy (non-hydrogen) atoms. The van der Waals surface area contributed by atoms with Gasteiger partial charge in [0.15, 0.2) is 5.78 Å².